The van der Waals surface area contributed by atoms with E-state index in [1.165, 1.54) is 38.4 Å². The fourth-order valence-electron chi connectivity index (χ4n) is 1.91. The van der Waals surface area contributed by atoms with E-state index in [0.717, 1.165) is 9.87 Å². The molecule has 8 heteroatoms. The Hall–Kier alpha value is -2.03. The number of anilines is 1. The molecule has 5 nitrogen and oxygen atoms in total. The number of hydrogen-bond donors (Lipinski definition) is 2. The molecule has 0 atom stereocenters. The van der Waals surface area contributed by atoms with Gasteiger partial charge in [0, 0.05) is 26.3 Å². The average Bonchev–Trinajstić information content (AvgIpc) is 2.54. The topological polar surface area (TPSA) is 61.4 Å². The molecule has 0 aromatic heterocycles. The highest BCUT2D eigenvalue weighted by Gasteiger charge is 2.17. The maximum absolute atomic E-state index is 12.9. The highest BCUT2D eigenvalue weighted by molar-refractivity contribution is 7.89. The van der Waals surface area contributed by atoms with E-state index in [2.05, 4.69) is 10.6 Å². The van der Waals surface area contributed by atoms with E-state index < -0.39 is 10.0 Å². The van der Waals surface area contributed by atoms with Crippen LogP contribution in [0.25, 0.3) is 0 Å². The third-order valence-corrected chi connectivity index (χ3v) is 5.29. The molecule has 0 unspecified atom stereocenters. The third-order valence-electron chi connectivity index (χ3n) is 3.24. The van der Waals surface area contributed by atoms with Crippen molar-refractivity contribution in [1.82, 2.24) is 9.62 Å². The van der Waals surface area contributed by atoms with Crippen molar-refractivity contribution < 1.29 is 12.8 Å². The van der Waals surface area contributed by atoms with Crippen molar-refractivity contribution in [1.29, 1.82) is 0 Å². The summed E-state index contributed by atoms with van der Waals surface area (Å²) in [4.78, 5) is 0.179. The van der Waals surface area contributed by atoms with E-state index in [1.807, 2.05) is 0 Å². The average molecular weight is 367 g/mol. The van der Waals surface area contributed by atoms with Crippen molar-refractivity contribution in [3.05, 3.63) is 59.9 Å². The number of halogens is 1. The first-order chi connectivity index (χ1) is 11.3. The predicted molar refractivity (Wildman–Crippen MR) is 96.8 cm³/mol. The van der Waals surface area contributed by atoms with E-state index in [9.17, 15) is 12.8 Å². The van der Waals surface area contributed by atoms with Gasteiger partial charge in [-0.15, -0.1) is 0 Å². The Labute approximate surface area is 146 Å². The molecule has 0 heterocycles. The molecule has 0 fully saturated rings. The molecular formula is C16H18FN3O2S2. The van der Waals surface area contributed by atoms with E-state index in [-0.39, 0.29) is 10.7 Å². The second-order valence-electron chi connectivity index (χ2n) is 5.25. The molecule has 24 heavy (non-hydrogen) atoms. The van der Waals surface area contributed by atoms with Crippen LogP contribution < -0.4 is 10.6 Å². The van der Waals surface area contributed by atoms with Crippen LogP contribution in [0, 0.1) is 5.82 Å². The summed E-state index contributed by atoms with van der Waals surface area (Å²) in [5.41, 5.74) is 1.44. The Kier molecular flexibility index (Phi) is 5.87. The maximum Gasteiger partial charge on any atom is 0.242 e. The summed E-state index contributed by atoms with van der Waals surface area (Å²) in [5.74, 6) is -0.293. The minimum Gasteiger partial charge on any atom is -0.358 e. The van der Waals surface area contributed by atoms with Crippen molar-refractivity contribution >= 4 is 33.0 Å². The van der Waals surface area contributed by atoms with Crippen LogP contribution >= 0.6 is 12.2 Å². The Morgan fingerprint density at radius 1 is 1.17 bits per heavy atom. The monoisotopic (exact) mass is 367 g/mol. The van der Waals surface area contributed by atoms with Crippen LogP contribution in [0.2, 0.25) is 0 Å². The summed E-state index contributed by atoms with van der Waals surface area (Å²) in [6.45, 7) is 0.432. The van der Waals surface area contributed by atoms with Crippen molar-refractivity contribution in [3.63, 3.8) is 0 Å². The van der Waals surface area contributed by atoms with Gasteiger partial charge < -0.3 is 10.6 Å². The summed E-state index contributed by atoms with van der Waals surface area (Å²) in [6.07, 6.45) is 0. The molecule has 0 spiro atoms. The number of nitrogens with zero attached hydrogens (tertiary/aromatic N) is 1. The van der Waals surface area contributed by atoms with E-state index >= 15 is 0 Å². The molecule has 0 aliphatic rings. The quantitative estimate of drug-likeness (QED) is 0.796. The van der Waals surface area contributed by atoms with Crippen molar-refractivity contribution in [2.45, 2.75) is 11.4 Å². The number of hydrogen-bond acceptors (Lipinski definition) is 3. The lowest BCUT2D eigenvalue weighted by molar-refractivity contribution is 0.521. The van der Waals surface area contributed by atoms with Gasteiger partial charge in [-0.2, -0.15) is 0 Å². The van der Waals surface area contributed by atoms with Crippen LogP contribution in [0.5, 0.6) is 0 Å². The first kappa shape index (κ1) is 18.3. The summed E-state index contributed by atoms with van der Waals surface area (Å²) >= 11 is 5.19. The van der Waals surface area contributed by atoms with Gasteiger partial charge in [-0.25, -0.2) is 17.1 Å². The Bertz CT molecular complexity index is 821. The first-order valence-corrected chi connectivity index (χ1v) is 8.96. The predicted octanol–water partition coefficient (Wildman–Crippen LogP) is 2.56. The van der Waals surface area contributed by atoms with Crippen molar-refractivity contribution in [3.8, 4) is 0 Å². The van der Waals surface area contributed by atoms with E-state index in [1.54, 1.807) is 24.3 Å². The zero-order valence-corrected chi connectivity index (χ0v) is 14.9. The first-order valence-electron chi connectivity index (χ1n) is 7.11. The van der Waals surface area contributed by atoms with E-state index in [4.69, 9.17) is 12.2 Å². The number of thiocarbonyl (C=S) groups is 1. The fourth-order valence-corrected chi connectivity index (χ4v) is 3.04. The Balaban J connectivity index is 2.00. The van der Waals surface area contributed by atoms with Crippen LogP contribution in [0.1, 0.15) is 5.56 Å². The number of nitrogens with one attached hydrogen (secondary N) is 2. The maximum atomic E-state index is 12.9. The highest BCUT2D eigenvalue weighted by Crippen LogP contribution is 2.17. The van der Waals surface area contributed by atoms with Gasteiger partial charge >= 0.3 is 0 Å². The van der Waals surface area contributed by atoms with Gasteiger partial charge in [0.1, 0.15) is 5.82 Å². The summed E-state index contributed by atoms with van der Waals surface area (Å²) in [7, 11) is -0.547. The number of benzene rings is 2. The highest BCUT2D eigenvalue weighted by atomic mass is 32.2. The molecule has 0 aliphatic carbocycles. The standard InChI is InChI=1S/C16H18FN3O2S2/c1-20(2)24(21,22)15-5-3-4-14(10-15)19-16(23)18-11-12-6-8-13(17)9-7-12/h3-10H,11H2,1-2H3,(H2,18,19,23). The minimum atomic E-state index is -3.50. The lowest BCUT2D eigenvalue weighted by Gasteiger charge is -2.14. The molecule has 0 bridgehead atoms. The van der Waals surface area contributed by atoms with E-state index in [0.29, 0.717) is 17.3 Å². The van der Waals surface area contributed by atoms with Gasteiger partial charge in [-0.1, -0.05) is 18.2 Å². The van der Waals surface area contributed by atoms with Crippen LogP contribution in [0.4, 0.5) is 10.1 Å². The van der Waals surface area contributed by atoms with Crippen LogP contribution in [0.15, 0.2) is 53.4 Å². The summed E-state index contributed by atoms with van der Waals surface area (Å²) in [6, 6.07) is 12.5. The van der Waals surface area contributed by atoms with Crippen LogP contribution in [0.3, 0.4) is 0 Å². The lowest BCUT2D eigenvalue weighted by atomic mass is 10.2. The van der Waals surface area contributed by atoms with Gasteiger partial charge in [0.15, 0.2) is 5.11 Å². The molecule has 0 saturated carbocycles. The van der Waals surface area contributed by atoms with Gasteiger partial charge in [-0.05, 0) is 48.1 Å². The number of sulfonamides is 1. The van der Waals surface area contributed by atoms with Crippen molar-refractivity contribution in [2.24, 2.45) is 0 Å². The van der Waals surface area contributed by atoms with Crippen LogP contribution in [-0.4, -0.2) is 31.9 Å². The molecule has 0 amide bonds. The zero-order chi connectivity index (χ0) is 17.7. The second kappa shape index (κ2) is 7.69. The molecule has 2 aromatic carbocycles. The van der Waals surface area contributed by atoms with Crippen LogP contribution in [-0.2, 0) is 16.6 Å². The molecule has 0 radical (unpaired) electrons. The second-order valence-corrected chi connectivity index (χ2v) is 7.81. The molecule has 0 aliphatic heterocycles. The lowest BCUT2D eigenvalue weighted by Crippen LogP contribution is -2.28. The minimum absolute atomic E-state index is 0.179. The van der Waals surface area contributed by atoms with Gasteiger partial charge in [-0.3, -0.25) is 0 Å². The molecule has 0 saturated heterocycles. The fraction of sp³-hybridized carbons (Fsp3) is 0.188. The molecule has 2 aromatic rings. The molecular weight excluding hydrogens is 349 g/mol. The zero-order valence-electron chi connectivity index (χ0n) is 13.3. The molecule has 2 N–H and O–H groups in total. The van der Waals surface area contributed by atoms with Gasteiger partial charge in [0.05, 0.1) is 4.90 Å². The normalized spacial score (nSPS) is 11.3. The third kappa shape index (κ3) is 4.73. The molecule has 128 valence electrons. The Morgan fingerprint density at radius 2 is 1.83 bits per heavy atom. The number of rotatable bonds is 5. The van der Waals surface area contributed by atoms with Gasteiger partial charge in [0.25, 0.3) is 0 Å². The summed E-state index contributed by atoms with van der Waals surface area (Å²) in [5, 5.41) is 6.27. The smallest absolute Gasteiger partial charge is 0.242 e. The Morgan fingerprint density at radius 3 is 2.46 bits per heavy atom. The van der Waals surface area contributed by atoms with Gasteiger partial charge in [0.2, 0.25) is 10.0 Å². The SMILES string of the molecule is CN(C)S(=O)(=O)c1cccc(NC(=S)NCc2ccc(F)cc2)c1. The summed E-state index contributed by atoms with van der Waals surface area (Å²) < 4.78 is 38.3. The van der Waals surface area contributed by atoms with Crippen molar-refractivity contribution in [2.75, 3.05) is 19.4 Å². The molecule has 2 rings (SSSR count). The largest absolute Gasteiger partial charge is 0.358 e.